The lowest BCUT2D eigenvalue weighted by molar-refractivity contribution is 0.123. The molecular weight excluding hydrogens is 432 g/mol. The van der Waals surface area contributed by atoms with Crippen molar-refractivity contribution in [1.82, 2.24) is 9.97 Å². The van der Waals surface area contributed by atoms with Crippen LogP contribution in [-0.4, -0.2) is 27.8 Å². The highest BCUT2D eigenvalue weighted by Crippen LogP contribution is 2.41. The van der Waals surface area contributed by atoms with Crippen LogP contribution in [0.5, 0.6) is 5.75 Å². The number of para-hydroxylation sites is 1. The molecule has 3 aromatic heterocycles. The number of aliphatic hydroxyl groups is 1. The molecule has 0 aliphatic heterocycles. The van der Waals surface area contributed by atoms with Crippen molar-refractivity contribution in [3.8, 4) is 22.3 Å². The number of H-pyrrole nitrogens is 1. The van der Waals surface area contributed by atoms with Crippen LogP contribution in [-0.2, 0) is 0 Å². The highest BCUT2D eigenvalue weighted by atomic mass is 32.1. The summed E-state index contributed by atoms with van der Waals surface area (Å²) in [6.07, 6.45) is 2.98. The first kappa shape index (κ1) is 21.0. The number of nitriles is 1. The molecule has 33 heavy (non-hydrogen) atoms. The number of hydrogen-bond acceptors (Lipinski definition) is 6. The number of pyridine rings is 1. The highest BCUT2D eigenvalue weighted by molar-refractivity contribution is 7.22. The lowest BCUT2D eigenvalue weighted by atomic mass is 10.1. The van der Waals surface area contributed by atoms with Crippen molar-refractivity contribution in [2.75, 3.05) is 11.9 Å². The average molecular weight is 455 g/mol. The number of nitrogens with one attached hydrogen (secondary N) is 2. The first-order chi connectivity index (χ1) is 16.0. The van der Waals surface area contributed by atoms with Crippen molar-refractivity contribution in [2.24, 2.45) is 0 Å². The third kappa shape index (κ3) is 3.91. The molecule has 2 aromatic carbocycles. The van der Waals surface area contributed by atoms with E-state index in [4.69, 9.17) is 4.74 Å². The van der Waals surface area contributed by atoms with Gasteiger partial charge in [0.2, 0.25) is 0 Å². The SMILES string of the molecule is Cc1c(Nc2c(C#N)cnc3sc(-c4ccccc4OC[C@@H](C)O)cc23)ccc2[nH]ccc12. The lowest BCUT2D eigenvalue weighted by Crippen LogP contribution is -2.13. The predicted octanol–water partition coefficient (Wildman–Crippen LogP) is 6.13. The van der Waals surface area contributed by atoms with Gasteiger partial charge in [0, 0.05) is 44.8 Å². The first-order valence-corrected chi connectivity index (χ1v) is 11.4. The summed E-state index contributed by atoms with van der Waals surface area (Å²) in [6.45, 7) is 3.98. The minimum absolute atomic E-state index is 0.215. The van der Waals surface area contributed by atoms with Crippen molar-refractivity contribution in [1.29, 1.82) is 5.26 Å². The summed E-state index contributed by atoms with van der Waals surface area (Å²) >= 11 is 1.54. The molecule has 6 nitrogen and oxygen atoms in total. The smallest absolute Gasteiger partial charge is 0.128 e. The molecule has 0 bridgehead atoms. The van der Waals surface area contributed by atoms with Crippen molar-refractivity contribution in [2.45, 2.75) is 20.0 Å². The number of thiophene rings is 1. The average Bonchev–Trinajstić information content (AvgIpc) is 3.47. The molecule has 0 fully saturated rings. The van der Waals surface area contributed by atoms with Gasteiger partial charge < -0.3 is 20.1 Å². The second-order valence-electron chi connectivity index (χ2n) is 7.95. The summed E-state index contributed by atoms with van der Waals surface area (Å²) < 4.78 is 5.83. The largest absolute Gasteiger partial charge is 0.490 e. The Labute approximate surface area is 195 Å². The number of rotatable bonds is 6. The Balaban J connectivity index is 1.61. The van der Waals surface area contributed by atoms with E-state index >= 15 is 0 Å². The zero-order valence-corrected chi connectivity index (χ0v) is 19.0. The van der Waals surface area contributed by atoms with Crippen LogP contribution in [0.3, 0.4) is 0 Å². The number of benzene rings is 2. The van der Waals surface area contributed by atoms with Crippen molar-refractivity contribution in [3.05, 3.63) is 72.1 Å². The first-order valence-electron chi connectivity index (χ1n) is 10.6. The van der Waals surface area contributed by atoms with Gasteiger partial charge in [0.1, 0.15) is 23.3 Å². The zero-order valence-electron chi connectivity index (χ0n) is 18.2. The fraction of sp³-hybridized carbons (Fsp3) is 0.154. The molecule has 0 saturated heterocycles. The molecule has 0 amide bonds. The molecule has 0 saturated carbocycles. The van der Waals surface area contributed by atoms with E-state index in [0.717, 1.165) is 48.5 Å². The predicted molar refractivity (Wildman–Crippen MR) is 133 cm³/mol. The summed E-state index contributed by atoms with van der Waals surface area (Å²) in [7, 11) is 0. The van der Waals surface area contributed by atoms with Crippen LogP contribution in [0.2, 0.25) is 0 Å². The number of aromatic nitrogens is 2. The zero-order chi connectivity index (χ0) is 22.9. The van der Waals surface area contributed by atoms with Gasteiger partial charge in [0.05, 0.1) is 17.4 Å². The van der Waals surface area contributed by atoms with Crippen LogP contribution in [0, 0.1) is 18.3 Å². The van der Waals surface area contributed by atoms with Crippen molar-refractivity contribution >= 4 is 43.8 Å². The van der Waals surface area contributed by atoms with Crippen LogP contribution < -0.4 is 10.1 Å². The number of aryl methyl sites for hydroxylation is 1. The normalized spacial score (nSPS) is 12.1. The fourth-order valence-electron chi connectivity index (χ4n) is 3.90. The third-order valence-corrected chi connectivity index (χ3v) is 6.65. The number of aromatic amines is 1. The Morgan fingerprint density at radius 1 is 1.21 bits per heavy atom. The van der Waals surface area contributed by atoms with E-state index in [2.05, 4.69) is 34.3 Å². The van der Waals surface area contributed by atoms with Crippen molar-refractivity contribution in [3.63, 3.8) is 0 Å². The van der Waals surface area contributed by atoms with E-state index in [-0.39, 0.29) is 6.61 Å². The van der Waals surface area contributed by atoms with Gasteiger partial charge in [-0.15, -0.1) is 11.3 Å². The molecule has 3 heterocycles. The Morgan fingerprint density at radius 2 is 2.06 bits per heavy atom. The maximum absolute atomic E-state index is 9.78. The summed E-state index contributed by atoms with van der Waals surface area (Å²) in [5.41, 5.74) is 5.28. The third-order valence-electron chi connectivity index (χ3n) is 5.58. The van der Waals surface area contributed by atoms with Crippen LogP contribution in [0.15, 0.2) is 60.9 Å². The standard InChI is InChI=1S/C26H22N4O2S/c1-15(31)14-32-23-6-4-3-5-19(23)24-11-20-25(17(12-27)13-29-26(20)33-24)30-21-7-8-22-18(16(21)2)9-10-28-22/h3-11,13,15,28,31H,14H2,1-2H3,(H,29,30)/t15-/m1/s1. The second kappa shape index (κ2) is 8.58. The maximum Gasteiger partial charge on any atom is 0.128 e. The number of ether oxygens (including phenoxy) is 1. The van der Waals surface area contributed by atoms with Gasteiger partial charge in [-0.1, -0.05) is 12.1 Å². The number of aliphatic hydroxyl groups excluding tert-OH is 1. The molecular formula is C26H22N4O2S. The molecule has 0 aliphatic carbocycles. The van der Waals surface area contributed by atoms with E-state index in [0.29, 0.717) is 11.3 Å². The summed E-state index contributed by atoms with van der Waals surface area (Å²) in [6, 6.07) is 18.2. The van der Waals surface area contributed by atoms with E-state index in [1.165, 1.54) is 0 Å². The maximum atomic E-state index is 9.78. The fourth-order valence-corrected chi connectivity index (χ4v) is 4.94. The Kier molecular flexibility index (Phi) is 5.47. The molecule has 0 radical (unpaired) electrons. The quantitative estimate of drug-likeness (QED) is 0.287. The molecule has 0 unspecified atom stereocenters. The van der Waals surface area contributed by atoms with Crippen LogP contribution in [0.1, 0.15) is 18.1 Å². The number of fused-ring (bicyclic) bond motifs is 2. The number of anilines is 2. The van der Waals surface area contributed by atoms with E-state index in [1.807, 2.05) is 48.7 Å². The minimum atomic E-state index is -0.559. The monoisotopic (exact) mass is 454 g/mol. The van der Waals surface area contributed by atoms with Crippen LogP contribution in [0.4, 0.5) is 11.4 Å². The van der Waals surface area contributed by atoms with E-state index < -0.39 is 6.10 Å². The molecule has 5 rings (SSSR count). The van der Waals surface area contributed by atoms with Gasteiger partial charge >= 0.3 is 0 Å². The van der Waals surface area contributed by atoms with Gasteiger partial charge in [-0.05, 0) is 55.8 Å². The Morgan fingerprint density at radius 3 is 2.88 bits per heavy atom. The summed E-state index contributed by atoms with van der Waals surface area (Å²) in [4.78, 5) is 9.58. The second-order valence-corrected chi connectivity index (χ2v) is 8.98. The van der Waals surface area contributed by atoms with Gasteiger partial charge in [0.25, 0.3) is 0 Å². The topological polar surface area (TPSA) is 94.0 Å². The van der Waals surface area contributed by atoms with E-state index in [9.17, 15) is 10.4 Å². The van der Waals surface area contributed by atoms with Crippen molar-refractivity contribution < 1.29 is 9.84 Å². The number of hydrogen-bond donors (Lipinski definition) is 3. The van der Waals surface area contributed by atoms with Gasteiger partial charge in [0.15, 0.2) is 0 Å². The minimum Gasteiger partial charge on any atom is -0.490 e. The molecule has 3 N–H and O–H groups in total. The summed E-state index contributed by atoms with van der Waals surface area (Å²) in [5.74, 6) is 0.703. The molecule has 7 heteroatoms. The van der Waals surface area contributed by atoms with E-state index in [1.54, 1.807) is 24.5 Å². The summed E-state index contributed by atoms with van der Waals surface area (Å²) in [5, 5.41) is 24.9. The highest BCUT2D eigenvalue weighted by Gasteiger charge is 2.17. The molecule has 164 valence electrons. The molecule has 0 aliphatic rings. The Hall–Kier alpha value is -3.86. The van der Waals surface area contributed by atoms with Gasteiger partial charge in [-0.25, -0.2) is 4.98 Å². The Bertz CT molecular complexity index is 1510. The van der Waals surface area contributed by atoms with Crippen LogP contribution in [0.25, 0.3) is 31.6 Å². The lowest BCUT2D eigenvalue weighted by Gasteiger charge is -2.13. The van der Waals surface area contributed by atoms with Gasteiger partial charge in [-0.2, -0.15) is 5.26 Å². The molecule has 5 aromatic rings. The van der Waals surface area contributed by atoms with Gasteiger partial charge in [-0.3, -0.25) is 0 Å². The number of nitrogens with zero attached hydrogens (tertiary/aromatic N) is 2. The van der Waals surface area contributed by atoms with Crippen LogP contribution >= 0.6 is 11.3 Å². The molecule has 0 spiro atoms. The molecule has 1 atom stereocenters.